The van der Waals surface area contributed by atoms with Crippen molar-refractivity contribution in [3.63, 3.8) is 0 Å². The number of nitrogens with one attached hydrogen (secondary N) is 2. The first-order chi connectivity index (χ1) is 18.5. The molecule has 5 aromatic rings. The average molecular weight is 525 g/mol. The molecule has 1 heterocycles. The number of nitro benzene ring substituents is 1. The number of anilines is 1. The lowest BCUT2D eigenvalue weighted by atomic mass is 10.1. The smallest absolute Gasteiger partial charge is 0.319 e. The molecule has 0 radical (unpaired) electrons. The molecule has 4 aromatic carbocycles. The van der Waals surface area contributed by atoms with E-state index in [2.05, 4.69) is 26.9 Å². The summed E-state index contributed by atoms with van der Waals surface area (Å²) in [5, 5.41) is 28.2. The Hall–Kier alpha value is -4.70. The number of rotatable bonds is 8. The monoisotopic (exact) mass is 524 g/mol. The van der Waals surface area contributed by atoms with Crippen molar-refractivity contribution in [2.24, 2.45) is 0 Å². The Kier molecular flexibility index (Phi) is 7.32. The van der Waals surface area contributed by atoms with Crippen LogP contribution in [-0.2, 0) is 12.3 Å². The van der Waals surface area contributed by atoms with E-state index in [4.69, 9.17) is 0 Å². The van der Waals surface area contributed by atoms with Crippen LogP contribution < -0.4 is 10.6 Å². The molecule has 0 saturated carbocycles. The largest absolute Gasteiger partial charge is 0.331 e. The van der Waals surface area contributed by atoms with Crippen molar-refractivity contribution < 1.29 is 9.72 Å². The van der Waals surface area contributed by atoms with Crippen LogP contribution in [0.4, 0.5) is 16.2 Å². The lowest BCUT2D eigenvalue weighted by Gasteiger charge is -2.12. The maximum absolute atomic E-state index is 12.8. The second-order valence-corrected chi connectivity index (χ2v) is 9.56. The number of benzene rings is 4. The number of hydrogen-bond acceptors (Lipinski definition) is 6. The highest BCUT2D eigenvalue weighted by Gasteiger charge is 2.17. The summed E-state index contributed by atoms with van der Waals surface area (Å²) in [6, 6.07) is 27.6. The number of fused-ring (bicyclic) bond motifs is 1. The van der Waals surface area contributed by atoms with Gasteiger partial charge >= 0.3 is 6.03 Å². The number of carbonyl (C=O) groups excluding carboxylic acids is 1. The molecule has 190 valence electrons. The summed E-state index contributed by atoms with van der Waals surface area (Å²) in [5.41, 5.74) is 3.67. The van der Waals surface area contributed by atoms with E-state index >= 15 is 0 Å². The molecule has 0 bridgehead atoms. The number of aromatic nitrogens is 3. The van der Waals surface area contributed by atoms with Gasteiger partial charge in [-0.05, 0) is 36.1 Å². The molecule has 0 fully saturated rings. The molecule has 2 N–H and O–H groups in total. The maximum Gasteiger partial charge on any atom is 0.319 e. The SMILES string of the molecule is Cc1cccc(CSc2nnc(CNC(=O)Nc3cccc4ccccc34)n2-c2ccc([N+](=O)[O-])cc2)c1. The van der Waals surface area contributed by atoms with Crippen LogP contribution in [-0.4, -0.2) is 25.7 Å². The third kappa shape index (κ3) is 5.65. The number of nitro groups is 1. The minimum Gasteiger partial charge on any atom is -0.331 e. The molecule has 9 nitrogen and oxygen atoms in total. The fraction of sp³-hybridized carbons (Fsp3) is 0.107. The fourth-order valence-corrected chi connectivity index (χ4v) is 5.01. The quantitative estimate of drug-likeness (QED) is 0.141. The van der Waals surface area contributed by atoms with E-state index in [0.29, 0.717) is 28.1 Å². The van der Waals surface area contributed by atoms with Crippen LogP contribution in [0.25, 0.3) is 16.5 Å². The number of amides is 2. The minimum absolute atomic E-state index is 0.00933. The van der Waals surface area contributed by atoms with Crippen molar-refractivity contribution in [3.8, 4) is 5.69 Å². The van der Waals surface area contributed by atoms with Gasteiger partial charge in [-0.2, -0.15) is 0 Å². The van der Waals surface area contributed by atoms with Crippen molar-refractivity contribution in [1.29, 1.82) is 0 Å². The topological polar surface area (TPSA) is 115 Å². The van der Waals surface area contributed by atoms with Crippen molar-refractivity contribution in [2.45, 2.75) is 24.4 Å². The van der Waals surface area contributed by atoms with E-state index < -0.39 is 4.92 Å². The standard InChI is InChI=1S/C28H24N6O3S/c1-19-6-4-7-20(16-19)18-38-28-32-31-26(33(28)22-12-14-23(15-13-22)34(36)37)17-29-27(35)30-25-11-5-9-21-8-2-3-10-24(21)25/h2-16H,17-18H2,1H3,(H2,29,30,35). The normalized spacial score (nSPS) is 10.9. The van der Waals surface area contributed by atoms with Crippen LogP contribution in [0.2, 0.25) is 0 Å². The van der Waals surface area contributed by atoms with Gasteiger partial charge in [-0.15, -0.1) is 10.2 Å². The first kappa shape index (κ1) is 25.0. The van der Waals surface area contributed by atoms with E-state index in [9.17, 15) is 14.9 Å². The zero-order valence-corrected chi connectivity index (χ0v) is 21.3. The average Bonchev–Trinajstić information content (AvgIpc) is 3.34. The molecule has 0 aliphatic heterocycles. The first-order valence-electron chi connectivity index (χ1n) is 11.9. The van der Waals surface area contributed by atoms with Gasteiger partial charge in [0.2, 0.25) is 0 Å². The van der Waals surface area contributed by atoms with Gasteiger partial charge < -0.3 is 10.6 Å². The number of aryl methyl sites for hydroxylation is 1. The second-order valence-electron chi connectivity index (χ2n) is 8.62. The van der Waals surface area contributed by atoms with Gasteiger partial charge in [0, 0.05) is 29.0 Å². The molecule has 5 rings (SSSR count). The highest BCUT2D eigenvalue weighted by molar-refractivity contribution is 7.98. The summed E-state index contributed by atoms with van der Waals surface area (Å²) in [6.45, 7) is 2.15. The van der Waals surface area contributed by atoms with Gasteiger partial charge in [-0.25, -0.2) is 4.79 Å². The molecular formula is C28H24N6O3S. The Labute approximate surface area is 223 Å². The zero-order valence-electron chi connectivity index (χ0n) is 20.5. The number of carbonyl (C=O) groups is 1. The highest BCUT2D eigenvalue weighted by Crippen LogP contribution is 2.27. The molecule has 0 atom stereocenters. The fourth-order valence-electron chi connectivity index (χ4n) is 4.10. The molecule has 38 heavy (non-hydrogen) atoms. The Morgan fingerprint density at radius 2 is 1.74 bits per heavy atom. The van der Waals surface area contributed by atoms with Gasteiger partial charge in [0.25, 0.3) is 5.69 Å². The van der Waals surface area contributed by atoms with Crippen LogP contribution in [0.15, 0.2) is 96.2 Å². The predicted molar refractivity (Wildman–Crippen MR) is 149 cm³/mol. The summed E-state index contributed by atoms with van der Waals surface area (Å²) < 4.78 is 1.81. The molecule has 0 unspecified atom stereocenters. The van der Waals surface area contributed by atoms with Crippen LogP contribution in [0, 0.1) is 17.0 Å². The van der Waals surface area contributed by atoms with Gasteiger partial charge in [-0.1, -0.05) is 78.0 Å². The second kappa shape index (κ2) is 11.1. The number of urea groups is 1. The van der Waals surface area contributed by atoms with Crippen LogP contribution >= 0.6 is 11.8 Å². The number of thioether (sulfide) groups is 1. The van der Waals surface area contributed by atoms with Crippen molar-refractivity contribution >= 4 is 39.9 Å². The van der Waals surface area contributed by atoms with Gasteiger partial charge in [0.15, 0.2) is 11.0 Å². The molecule has 0 aliphatic rings. The van der Waals surface area contributed by atoms with E-state index in [0.717, 1.165) is 16.3 Å². The third-order valence-electron chi connectivity index (χ3n) is 5.91. The number of nitrogens with zero attached hydrogens (tertiary/aromatic N) is 4. The van der Waals surface area contributed by atoms with Crippen molar-refractivity contribution in [2.75, 3.05) is 5.32 Å². The molecule has 0 spiro atoms. The Morgan fingerprint density at radius 1 is 0.974 bits per heavy atom. The molecule has 0 aliphatic carbocycles. The van der Waals surface area contributed by atoms with E-state index in [-0.39, 0.29) is 18.3 Å². The van der Waals surface area contributed by atoms with Crippen molar-refractivity contribution in [1.82, 2.24) is 20.1 Å². The van der Waals surface area contributed by atoms with Crippen molar-refractivity contribution in [3.05, 3.63) is 118 Å². The van der Waals surface area contributed by atoms with Crippen LogP contribution in [0.5, 0.6) is 0 Å². The lowest BCUT2D eigenvalue weighted by Crippen LogP contribution is -2.29. The van der Waals surface area contributed by atoms with E-state index in [1.165, 1.54) is 29.5 Å². The van der Waals surface area contributed by atoms with E-state index in [1.807, 2.05) is 72.2 Å². The van der Waals surface area contributed by atoms with E-state index in [1.54, 1.807) is 12.1 Å². The molecule has 10 heteroatoms. The maximum atomic E-state index is 12.8. The number of hydrogen-bond donors (Lipinski definition) is 2. The predicted octanol–water partition coefficient (Wildman–Crippen LogP) is 6.25. The van der Waals surface area contributed by atoms with Gasteiger partial charge in [0.1, 0.15) is 0 Å². The molecule has 0 saturated heterocycles. The first-order valence-corrected chi connectivity index (χ1v) is 12.9. The van der Waals surface area contributed by atoms with Gasteiger partial charge in [0.05, 0.1) is 17.2 Å². The van der Waals surface area contributed by atoms with Crippen LogP contribution in [0.3, 0.4) is 0 Å². The summed E-state index contributed by atoms with van der Waals surface area (Å²) in [5.74, 6) is 1.17. The summed E-state index contributed by atoms with van der Waals surface area (Å²) in [6.07, 6.45) is 0. The Bertz CT molecular complexity index is 1610. The summed E-state index contributed by atoms with van der Waals surface area (Å²) in [4.78, 5) is 23.5. The zero-order chi connectivity index (χ0) is 26.5. The summed E-state index contributed by atoms with van der Waals surface area (Å²) >= 11 is 1.50. The Balaban J connectivity index is 1.36. The number of non-ortho nitro benzene ring substituents is 1. The highest BCUT2D eigenvalue weighted by atomic mass is 32.2. The van der Waals surface area contributed by atoms with Gasteiger partial charge in [-0.3, -0.25) is 14.7 Å². The summed E-state index contributed by atoms with van der Waals surface area (Å²) in [7, 11) is 0. The molecular weight excluding hydrogens is 500 g/mol. The Morgan fingerprint density at radius 3 is 2.53 bits per heavy atom. The minimum atomic E-state index is -0.441. The molecule has 2 amide bonds. The molecule has 1 aromatic heterocycles. The third-order valence-corrected chi connectivity index (χ3v) is 6.91. The van der Waals surface area contributed by atoms with Crippen LogP contribution in [0.1, 0.15) is 17.0 Å². The lowest BCUT2D eigenvalue weighted by molar-refractivity contribution is -0.384.